The monoisotopic (exact) mass is 205 g/mol. The first-order valence-corrected chi connectivity index (χ1v) is 4.74. The fraction of sp³-hybridized carbons (Fsp3) is 0.250. The second-order valence-corrected chi connectivity index (χ2v) is 3.37. The lowest BCUT2D eigenvalue weighted by atomic mass is 10.1. The number of ketones is 1. The molecule has 1 aromatic carbocycles. The number of ether oxygens (including phenoxy) is 1. The average molecular weight is 205 g/mol. The molecule has 0 unspecified atom stereocenters. The molecule has 0 aliphatic heterocycles. The first-order chi connectivity index (χ1) is 7.15. The van der Waals surface area contributed by atoms with Crippen molar-refractivity contribution in [1.82, 2.24) is 0 Å². The largest absolute Gasteiger partial charge is 0.489 e. The van der Waals surface area contributed by atoms with Crippen molar-refractivity contribution in [2.75, 3.05) is 13.2 Å². The molecule has 1 aromatic rings. The van der Waals surface area contributed by atoms with E-state index in [1.54, 1.807) is 18.2 Å². The van der Waals surface area contributed by atoms with Crippen molar-refractivity contribution in [3.05, 3.63) is 42.0 Å². The van der Waals surface area contributed by atoms with Gasteiger partial charge in [-0.1, -0.05) is 18.7 Å². The first kappa shape index (κ1) is 11.5. The van der Waals surface area contributed by atoms with Crippen LogP contribution in [0.1, 0.15) is 17.3 Å². The predicted octanol–water partition coefficient (Wildman–Crippen LogP) is 1.78. The van der Waals surface area contributed by atoms with E-state index in [1.807, 2.05) is 13.0 Å². The number of Topliss-reactive ketones (excluding diaryl/α,β-unsaturated/α-hetero) is 1. The van der Waals surface area contributed by atoms with Crippen LogP contribution in [0.2, 0.25) is 0 Å². The van der Waals surface area contributed by atoms with Gasteiger partial charge >= 0.3 is 0 Å². The Morgan fingerprint density at radius 2 is 2.13 bits per heavy atom. The fourth-order valence-electron chi connectivity index (χ4n) is 1.13. The lowest BCUT2D eigenvalue weighted by molar-refractivity contribution is 0.0998. The number of para-hydroxylation sites is 1. The smallest absolute Gasteiger partial charge is 0.180 e. The molecule has 0 saturated heterocycles. The van der Waals surface area contributed by atoms with Crippen LogP contribution in [-0.2, 0) is 0 Å². The van der Waals surface area contributed by atoms with E-state index in [9.17, 15) is 4.79 Å². The van der Waals surface area contributed by atoms with Crippen molar-refractivity contribution < 1.29 is 9.53 Å². The van der Waals surface area contributed by atoms with Gasteiger partial charge in [0.05, 0.1) is 12.1 Å². The summed E-state index contributed by atoms with van der Waals surface area (Å²) in [5, 5.41) is 0. The summed E-state index contributed by atoms with van der Waals surface area (Å²) in [6.45, 7) is 6.00. The molecular weight excluding hydrogens is 190 g/mol. The molecule has 0 fully saturated rings. The third-order valence-corrected chi connectivity index (χ3v) is 1.85. The predicted molar refractivity (Wildman–Crippen MR) is 60.1 cm³/mol. The summed E-state index contributed by atoms with van der Waals surface area (Å²) in [5.74, 6) is 0.447. The van der Waals surface area contributed by atoms with Crippen LogP contribution in [0, 0.1) is 0 Å². The van der Waals surface area contributed by atoms with Crippen molar-refractivity contribution in [2.24, 2.45) is 5.73 Å². The zero-order valence-electron chi connectivity index (χ0n) is 8.82. The zero-order chi connectivity index (χ0) is 11.3. The van der Waals surface area contributed by atoms with Gasteiger partial charge in [0.1, 0.15) is 12.4 Å². The molecule has 2 N–H and O–H groups in total. The molecule has 80 valence electrons. The molecule has 0 heterocycles. The Hall–Kier alpha value is -1.61. The lowest BCUT2D eigenvalue weighted by Crippen LogP contribution is -2.15. The molecule has 0 aliphatic rings. The van der Waals surface area contributed by atoms with Gasteiger partial charge in [-0.15, -0.1) is 0 Å². The van der Waals surface area contributed by atoms with E-state index < -0.39 is 0 Å². The molecule has 0 radical (unpaired) electrons. The quantitative estimate of drug-likeness (QED) is 0.589. The van der Waals surface area contributed by atoms with Crippen LogP contribution in [0.5, 0.6) is 5.75 Å². The summed E-state index contributed by atoms with van der Waals surface area (Å²) in [5.41, 5.74) is 6.74. The number of rotatable bonds is 5. The maximum absolute atomic E-state index is 11.5. The number of benzene rings is 1. The summed E-state index contributed by atoms with van der Waals surface area (Å²) in [7, 11) is 0. The Morgan fingerprint density at radius 3 is 2.73 bits per heavy atom. The van der Waals surface area contributed by atoms with E-state index in [1.165, 1.54) is 0 Å². The zero-order valence-corrected chi connectivity index (χ0v) is 8.82. The summed E-state index contributed by atoms with van der Waals surface area (Å²) < 4.78 is 5.45. The van der Waals surface area contributed by atoms with Crippen molar-refractivity contribution >= 4 is 5.78 Å². The van der Waals surface area contributed by atoms with Crippen LogP contribution in [0.3, 0.4) is 0 Å². The van der Waals surface area contributed by atoms with E-state index in [4.69, 9.17) is 10.5 Å². The van der Waals surface area contributed by atoms with Crippen LogP contribution in [0.25, 0.3) is 0 Å². The average Bonchev–Trinajstić information content (AvgIpc) is 2.25. The molecule has 0 aromatic heterocycles. The van der Waals surface area contributed by atoms with Crippen molar-refractivity contribution in [1.29, 1.82) is 0 Å². The van der Waals surface area contributed by atoms with E-state index in [2.05, 4.69) is 6.58 Å². The molecule has 3 heteroatoms. The third-order valence-electron chi connectivity index (χ3n) is 1.85. The molecule has 0 saturated carbocycles. The minimum atomic E-state index is -0.118. The number of carbonyl (C=O) groups is 1. The molecule has 0 spiro atoms. The van der Waals surface area contributed by atoms with Crippen molar-refractivity contribution in [2.45, 2.75) is 6.92 Å². The standard InChI is InChI=1S/C12H15NO2/c1-9(2)8-15-12-6-4-3-5-10(12)11(14)7-13/h3-6H,1,7-8,13H2,2H3. The lowest BCUT2D eigenvalue weighted by Gasteiger charge is -2.09. The fourth-order valence-corrected chi connectivity index (χ4v) is 1.13. The van der Waals surface area contributed by atoms with E-state index >= 15 is 0 Å². The molecule has 1 rings (SSSR count). The van der Waals surface area contributed by atoms with Crippen LogP contribution in [0.4, 0.5) is 0 Å². The van der Waals surface area contributed by atoms with Gasteiger partial charge in [0, 0.05) is 0 Å². The Labute approximate surface area is 89.5 Å². The minimum Gasteiger partial charge on any atom is -0.489 e. The van der Waals surface area contributed by atoms with Gasteiger partial charge in [-0.2, -0.15) is 0 Å². The van der Waals surface area contributed by atoms with Gasteiger partial charge in [-0.3, -0.25) is 4.79 Å². The Balaban J connectivity index is 2.86. The highest BCUT2D eigenvalue weighted by Crippen LogP contribution is 2.18. The van der Waals surface area contributed by atoms with E-state index in [0.29, 0.717) is 17.9 Å². The van der Waals surface area contributed by atoms with E-state index in [0.717, 1.165) is 5.57 Å². The number of nitrogens with two attached hydrogens (primary N) is 1. The Morgan fingerprint density at radius 1 is 1.47 bits per heavy atom. The Bertz CT molecular complexity index is 372. The van der Waals surface area contributed by atoms with Crippen molar-refractivity contribution in [3.63, 3.8) is 0 Å². The van der Waals surface area contributed by atoms with Gasteiger partial charge < -0.3 is 10.5 Å². The maximum Gasteiger partial charge on any atom is 0.180 e. The van der Waals surface area contributed by atoms with Crippen LogP contribution in [0.15, 0.2) is 36.4 Å². The highest BCUT2D eigenvalue weighted by Gasteiger charge is 2.09. The van der Waals surface area contributed by atoms with Gasteiger partial charge in [0.15, 0.2) is 5.78 Å². The number of carbonyl (C=O) groups excluding carboxylic acids is 1. The summed E-state index contributed by atoms with van der Waals surface area (Å²) in [6.07, 6.45) is 0. The molecule has 0 aliphatic carbocycles. The van der Waals surface area contributed by atoms with Gasteiger partial charge in [-0.25, -0.2) is 0 Å². The second kappa shape index (κ2) is 5.32. The highest BCUT2D eigenvalue weighted by atomic mass is 16.5. The second-order valence-electron chi connectivity index (χ2n) is 3.37. The topological polar surface area (TPSA) is 52.3 Å². The van der Waals surface area contributed by atoms with Crippen LogP contribution in [-0.4, -0.2) is 18.9 Å². The Kier molecular flexibility index (Phi) is 4.06. The van der Waals surface area contributed by atoms with Crippen LogP contribution >= 0.6 is 0 Å². The van der Waals surface area contributed by atoms with Crippen molar-refractivity contribution in [3.8, 4) is 5.75 Å². The summed E-state index contributed by atoms with van der Waals surface area (Å²) in [4.78, 5) is 11.5. The molecular formula is C12H15NO2. The first-order valence-electron chi connectivity index (χ1n) is 4.74. The highest BCUT2D eigenvalue weighted by molar-refractivity contribution is 5.99. The number of hydrogen-bond acceptors (Lipinski definition) is 3. The van der Waals surface area contributed by atoms with Gasteiger partial charge in [0.2, 0.25) is 0 Å². The molecule has 0 bridgehead atoms. The molecule has 0 amide bonds. The minimum absolute atomic E-state index is 0.00650. The van der Waals surface area contributed by atoms with Gasteiger partial charge in [0.25, 0.3) is 0 Å². The summed E-state index contributed by atoms with van der Waals surface area (Å²) >= 11 is 0. The third kappa shape index (κ3) is 3.22. The molecule has 3 nitrogen and oxygen atoms in total. The molecule has 15 heavy (non-hydrogen) atoms. The number of hydrogen-bond donors (Lipinski definition) is 1. The normalized spacial score (nSPS) is 9.73. The maximum atomic E-state index is 11.5. The van der Waals surface area contributed by atoms with Gasteiger partial charge in [-0.05, 0) is 24.6 Å². The SMILES string of the molecule is C=C(C)COc1ccccc1C(=O)CN. The van der Waals surface area contributed by atoms with E-state index in [-0.39, 0.29) is 12.3 Å². The van der Waals surface area contributed by atoms with Crippen LogP contribution < -0.4 is 10.5 Å². The molecule has 0 atom stereocenters. The summed E-state index contributed by atoms with van der Waals surface area (Å²) in [6, 6.07) is 7.08.